The normalized spacial score (nSPS) is 15.1. The summed E-state index contributed by atoms with van der Waals surface area (Å²) in [6, 6.07) is 8.16. The number of carbonyl (C=O) groups is 1. The van der Waals surface area contributed by atoms with E-state index in [0.29, 0.717) is 12.8 Å². The molecule has 0 aliphatic carbocycles. The molecular weight excluding hydrogens is 214 g/mol. The molecule has 0 radical (unpaired) electrons. The van der Waals surface area contributed by atoms with Gasteiger partial charge in [0, 0.05) is 25.1 Å². The molecule has 2 N–H and O–H groups in total. The van der Waals surface area contributed by atoms with E-state index in [1.807, 2.05) is 24.3 Å². The molecule has 0 fully saturated rings. The van der Waals surface area contributed by atoms with Crippen LogP contribution in [0.4, 0.5) is 5.69 Å². The summed E-state index contributed by atoms with van der Waals surface area (Å²) >= 11 is 0. The molecule has 0 spiro atoms. The third kappa shape index (κ3) is 3.06. The molecule has 1 amide bonds. The van der Waals surface area contributed by atoms with E-state index in [2.05, 4.69) is 22.8 Å². The molecule has 17 heavy (non-hydrogen) atoms. The van der Waals surface area contributed by atoms with E-state index in [0.717, 1.165) is 29.9 Å². The number of hydrogen-bond acceptors (Lipinski definition) is 3. The molecule has 0 bridgehead atoms. The number of carbonyl (C=O) groups excluding carboxylic acids is 1. The Labute approximate surface area is 101 Å². The van der Waals surface area contributed by atoms with E-state index in [1.165, 1.54) is 0 Å². The van der Waals surface area contributed by atoms with Crippen molar-refractivity contribution in [1.82, 2.24) is 5.43 Å². The van der Waals surface area contributed by atoms with Crippen molar-refractivity contribution in [2.24, 2.45) is 5.10 Å². The Morgan fingerprint density at radius 1 is 1.29 bits per heavy atom. The SMILES string of the molecule is CCCNc1ccc(C2=NNC(=O)CC2)cc1. The third-order valence-corrected chi connectivity index (χ3v) is 2.70. The number of benzene rings is 1. The molecule has 0 saturated heterocycles. The van der Waals surface area contributed by atoms with E-state index in [-0.39, 0.29) is 5.91 Å². The number of rotatable bonds is 4. The van der Waals surface area contributed by atoms with Crippen molar-refractivity contribution in [2.75, 3.05) is 11.9 Å². The van der Waals surface area contributed by atoms with Crippen molar-refractivity contribution in [3.63, 3.8) is 0 Å². The lowest BCUT2D eigenvalue weighted by atomic mass is 10.0. The van der Waals surface area contributed by atoms with Crippen molar-refractivity contribution in [2.45, 2.75) is 26.2 Å². The third-order valence-electron chi connectivity index (χ3n) is 2.70. The highest BCUT2D eigenvalue weighted by Crippen LogP contribution is 2.14. The first-order valence-corrected chi connectivity index (χ1v) is 5.99. The smallest absolute Gasteiger partial charge is 0.240 e. The van der Waals surface area contributed by atoms with Crippen LogP contribution >= 0.6 is 0 Å². The number of hydrazone groups is 1. The molecule has 1 aliphatic heterocycles. The van der Waals surface area contributed by atoms with Gasteiger partial charge in [-0.05, 0) is 24.1 Å². The highest BCUT2D eigenvalue weighted by atomic mass is 16.2. The number of anilines is 1. The van der Waals surface area contributed by atoms with E-state index < -0.39 is 0 Å². The van der Waals surface area contributed by atoms with Gasteiger partial charge in [-0.2, -0.15) is 5.10 Å². The van der Waals surface area contributed by atoms with Gasteiger partial charge in [-0.25, -0.2) is 5.43 Å². The maximum absolute atomic E-state index is 11.0. The van der Waals surface area contributed by atoms with Gasteiger partial charge in [0.2, 0.25) is 5.91 Å². The lowest BCUT2D eigenvalue weighted by molar-refractivity contribution is -0.121. The summed E-state index contributed by atoms with van der Waals surface area (Å²) in [5.41, 5.74) is 5.66. The van der Waals surface area contributed by atoms with Crippen molar-refractivity contribution in [3.8, 4) is 0 Å². The molecule has 1 aromatic carbocycles. The van der Waals surface area contributed by atoms with Crippen LogP contribution in [0.25, 0.3) is 0 Å². The second kappa shape index (κ2) is 5.48. The van der Waals surface area contributed by atoms with Crippen LogP contribution in [-0.4, -0.2) is 18.2 Å². The fraction of sp³-hybridized carbons (Fsp3) is 0.385. The highest BCUT2D eigenvalue weighted by Gasteiger charge is 2.12. The minimum atomic E-state index is -0.00465. The van der Waals surface area contributed by atoms with Crippen LogP contribution in [-0.2, 0) is 4.79 Å². The monoisotopic (exact) mass is 231 g/mol. The van der Waals surface area contributed by atoms with Crippen LogP contribution in [0, 0.1) is 0 Å². The first kappa shape index (κ1) is 11.6. The molecule has 4 heteroatoms. The summed E-state index contributed by atoms with van der Waals surface area (Å²) in [6.07, 6.45) is 2.35. The summed E-state index contributed by atoms with van der Waals surface area (Å²) < 4.78 is 0. The quantitative estimate of drug-likeness (QED) is 0.834. The van der Waals surface area contributed by atoms with Crippen LogP contribution in [0.3, 0.4) is 0 Å². The Balaban J connectivity index is 2.05. The summed E-state index contributed by atoms with van der Waals surface area (Å²) in [6.45, 7) is 3.12. The molecular formula is C13H17N3O. The zero-order valence-corrected chi connectivity index (χ0v) is 9.99. The Bertz CT molecular complexity index is 423. The Morgan fingerprint density at radius 2 is 2.06 bits per heavy atom. The summed E-state index contributed by atoms with van der Waals surface area (Å²) in [5.74, 6) is -0.00465. The van der Waals surface area contributed by atoms with Gasteiger partial charge in [-0.1, -0.05) is 19.1 Å². The molecule has 1 aliphatic rings. The predicted molar refractivity (Wildman–Crippen MR) is 69.1 cm³/mol. The van der Waals surface area contributed by atoms with Gasteiger partial charge in [0.25, 0.3) is 0 Å². The lowest BCUT2D eigenvalue weighted by Crippen LogP contribution is -2.25. The Kier molecular flexibility index (Phi) is 3.75. The molecule has 4 nitrogen and oxygen atoms in total. The molecule has 1 aromatic rings. The largest absolute Gasteiger partial charge is 0.385 e. The maximum Gasteiger partial charge on any atom is 0.240 e. The average Bonchev–Trinajstić information content (AvgIpc) is 2.38. The first-order valence-electron chi connectivity index (χ1n) is 5.99. The van der Waals surface area contributed by atoms with Crippen molar-refractivity contribution in [3.05, 3.63) is 29.8 Å². The van der Waals surface area contributed by atoms with Gasteiger partial charge < -0.3 is 5.32 Å². The van der Waals surface area contributed by atoms with Gasteiger partial charge in [0.1, 0.15) is 0 Å². The lowest BCUT2D eigenvalue weighted by Gasteiger charge is -2.12. The topological polar surface area (TPSA) is 53.5 Å². The Hall–Kier alpha value is -1.84. The van der Waals surface area contributed by atoms with Crippen LogP contribution in [0.5, 0.6) is 0 Å². The molecule has 90 valence electrons. The second-order valence-electron chi connectivity index (χ2n) is 4.10. The van der Waals surface area contributed by atoms with Gasteiger partial charge in [0.05, 0.1) is 5.71 Å². The molecule has 1 heterocycles. The number of nitrogens with zero attached hydrogens (tertiary/aromatic N) is 1. The summed E-state index contributed by atoms with van der Waals surface area (Å²) in [7, 11) is 0. The highest BCUT2D eigenvalue weighted by molar-refractivity contribution is 6.04. The van der Waals surface area contributed by atoms with Crippen LogP contribution in [0.15, 0.2) is 29.4 Å². The van der Waals surface area contributed by atoms with Crippen molar-refractivity contribution < 1.29 is 4.79 Å². The fourth-order valence-corrected chi connectivity index (χ4v) is 1.73. The van der Waals surface area contributed by atoms with Crippen molar-refractivity contribution in [1.29, 1.82) is 0 Å². The molecule has 0 unspecified atom stereocenters. The molecule has 2 rings (SSSR count). The summed E-state index contributed by atoms with van der Waals surface area (Å²) in [4.78, 5) is 11.0. The number of amides is 1. The van der Waals surface area contributed by atoms with E-state index >= 15 is 0 Å². The Morgan fingerprint density at radius 3 is 2.65 bits per heavy atom. The minimum Gasteiger partial charge on any atom is -0.385 e. The average molecular weight is 231 g/mol. The number of nitrogens with one attached hydrogen (secondary N) is 2. The maximum atomic E-state index is 11.0. The van der Waals surface area contributed by atoms with Gasteiger partial charge in [-0.3, -0.25) is 4.79 Å². The molecule has 0 aromatic heterocycles. The zero-order chi connectivity index (χ0) is 12.1. The second-order valence-corrected chi connectivity index (χ2v) is 4.10. The fourth-order valence-electron chi connectivity index (χ4n) is 1.73. The van der Waals surface area contributed by atoms with E-state index in [1.54, 1.807) is 0 Å². The van der Waals surface area contributed by atoms with Crippen LogP contribution < -0.4 is 10.7 Å². The van der Waals surface area contributed by atoms with Crippen molar-refractivity contribution >= 4 is 17.3 Å². The van der Waals surface area contributed by atoms with Gasteiger partial charge in [0.15, 0.2) is 0 Å². The number of hydrogen-bond donors (Lipinski definition) is 2. The predicted octanol–water partition coefficient (Wildman–Crippen LogP) is 2.12. The molecule has 0 saturated carbocycles. The van der Waals surface area contributed by atoms with E-state index in [4.69, 9.17) is 0 Å². The first-order chi connectivity index (χ1) is 8.29. The molecule has 0 atom stereocenters. The van der Waals surface area contributed by atoms with Crippen LogP contribution in [0.2, 0.25) is 0 Å². The van der Waals surface area contributed by atoms with Crippen LogP contribution in [0.1, 0.15) is 31.7 Å². The van der Waals surface area contributed by atoms with Gasteiger partial charge in [-0.15, -0.1) is 0 Å². The zero-order valence-electron chi connectivity index (χ0n) is 9.99. The summed E-state index contributed by atoms with van der Waals surface area (Å²) in [5, 5.41) is 7.39. The van der Waals surface area contributed by atoms with Gasteiger partial charge >= 0.3 is 0 Å². The standard InChI is InChI=1S/C13H17N3O/c1-2-9-14-11-5-3-10(4-6-11)12-7-8-13(17)16-15-12/h3-6,14H,2,7-9H2,1H3,(H,16,17). The van der Waals surface area contributed by atoms with E-state index in [9.17, 15) is 4.79 Å². The minimum absolute atomic E-state index is 0.00465.